The molecule has 0 saturated heterocycles. The SMILES string of the molecule is COc1ccc2c(c1)c(CC(=O)N(c1nccs1)C1CCCCC1)c(C)n2C(=O)c1cccnc1. The zero-order valence-corrected chi connectivity index (χ0v) is 20.8. The Morgan fingerprint density at radius 2 is 2.00 bits per heavy atom. The van der Waals surface area contributed by atoms with Gasteiger partial charge in [0.2, 0.25) is 5.91 Å². The van der Waals surface area contributed by atoms with Crippen molar-refractivity contribution in [2.45, 2.75) is 51.5 Å². The zero-order valence-electron chi connectivity index (χ0n) is 19.9. The quantitative estimate of drug-likeness (QED) is 0.363. The lowest BCUT2D eigenvalue weighted by atomic mass is 9.94. The summed E-state index contributed by atoms with van der Waals surface area (Å²) in [5.41, 5.74) is 2.82. The van der Waals surface area contributed by atoms with Gasteiger partial charge in [-0.05, 0) is 55.7 Å². The van der Waals surface area contributed by atoms with Crippen molar-refractivity contribution in [3.8, 4) is 5.75 Å². The number of benzene rings is 1. The van der Waals surface area contributed by atoms with Crippen LogP contribution in [-0.4, -0.2) is 39.5 Å². The smallest absolute Gasteiger partial charge is 0.264 e. The molecule has 0 bridgehead atoms. The van der Waals surface area contributed by atoms with Gasteiger partial charge in [0.1, 0.15) is 5.75 Å². The molecule has 3 aromatic heterocycles. The van der Waals surface area contributed by atoms with Crippen LogP contribution in [0, 0.1) is 6.92 Å². The molecule has 3 heterocycles. The molecular weight excluding hydrogens is 460 g/mol. The first-order chi connectivity index (χ1) is 17.1. The van der Waals surface area contributed by atoms with E-state index in [0.29, 0.717) is 11.3 Å². The number of rotatable bonds is 6. The first-order valence-corrected chi connectivity index (χ1v) is 12.8. The summed E-state index contributed by atoms with van der Waals surface area (Å²) in [6.07, 6.45) is 10.6. The molecule has 1 aliphatic rings. The third-order valence-electron chi connectivity index (χ3n) is 6.82. The van der Waals surface area contributed by atoms with E-state index in [0.717, 1.165) is 53.0 Å². The van der Waals surface area contributed by atoms with Gasteiger partial charge in [-0.25, -0.2) is 4.98 Å². The molecule has 180 valence electrons. The zero-order chi connectivity index (χ0) is 24.4. The van der Waals surface area contributed by atoms with E-state index in [2.05, 4.69) is 9.97 Å². The molecule has 0 atom stereocenters. The van der Waals surface area contributed by atoms with Crippen LogP contribution in [0.4, 0.5) is 5.13 Å². The van der Waals surface area contributed by atoms with Crippen molar-refractivity contribution >= 4 is 39.2 Å². The standard InChI is InChI=1S/C27H28N4O3S/c1-18-22(16-25(32)31(27-29-13-14-35-27)20-8-4-3-5-9-20)23-15-21(34-2)10-11-24(23)30(18)26(33)19-7-6-12-28-17-19/h6-7,10-15,17,20H,3-5,8-9,16H2,1-2H3. The van der Waals surface area contributed by atoms with E-state index in [1.165, 1.54) is 17.8 Å². The summed E-state index contributed by atoms with van der Waals surface area (Å²) in [7, 11) is 1.61. The van der Waals surface area contributed by atoms with Crippen LogP contribution in [0.3, 0.4) is 0 Å². The van der Waals surface area contributed by atoms with Gasteiger partial charge in [0.15, 0.2) is 5.13 Å². The van der Waals surface area contributed by atoms with Crippen molar-refractivity contribution in [2.75, 3.05) is 12.0 Å². The molecule has 1 saturated carbocycles. The van der Waals surface area contributed by atoms with E-state index in [9.17, 15) is 9.59 Å². The number of hydrogen-bond donors (Lipinski definition) is 0. The van der Waals surface area contributed by atoms with Gasteiger partial charge in [-0.2, -0.15) is 0 Å². The highest BCUT2D eigenvalue weighted by atomic mass is 32.1. The van der Waals surface area contributed by atoms with E-state index in [1.54, 1.807) is 42.4 Å². The minimum atomic E-state index is -0.173. The molecule has 0 spiro atoms. The van der Waals surface area contributed by atoms with Gasteiger partial charge < -0.3 is 4.74 Å². The maximum atomic E-state index is 13.9. The minimum absolute atomic E-state index is 0.00523. The van der Waals surface area contributed by atoms with Crippen LogP contribution in [0.5, 0.6) is 5.75 Å². The largest absolute Gasteiger partial charge is 0.497 e. The van der Waals surface area contributed by atoms with Gasteiger partial charge >= 0.3 is 0 Å². The molecule has 1 aliphatic carbocycles. The Morgan fingerprint density at radius 3 is 2.69 bits per heavy atom. The van der Waals surface area contributed by atoms with Gasteiger partial charge in [-0.15, -0.1) is 11.3 Å². The van der Waals surface area contributed by atoms with Crippen LogP contribution in [0.15, 0.2) is 54.3 Å². The van der Waals surface area contributed by atoms with Crippen molar-refractivity contribution in [3.05, 3.63) is 71.1 Å². The van der Waals surface area contributed by atoms with Crippen molar-refractivity contribution in [1.82, 2.24) is 14.5 Å². The molecule has 4 aromatic rings. The van der Waals surface area contributed by atoms with Gasteiger partial charge in [0, 0.05) is 41.1 Å². The monoisotopic (exact) mass is 488 g/mol. The molecule has 1 aromatic carbocycles. The third-order valence-corrected chi connectivity index (χ3v) is 7.59. The Kier molecular flexibility index (Phi) is 6.63. The summed E-state index contributed by atoms with van der Waals surface area (Å²) < 4.78 is 7.15. The van der Waals surface area contributed by atoms with Crippen molar-refractivity contribution < 1.29 is 14.3 Å². The number of fused-ring (bicyclic) bond motifs is 1. The number of carbonyl (C=O) groups is 2. The summed E-state index contributed by atoms with van der Waals surface area (Å²) in [6.45, 7) is 1.90. The summed E-state index contributed by atoms with van der Waals surface area (Å²) in [4.78, 5) is 37.8. The fourth-order valence-electron chi connectivity index (χ4n) is 5.07. The number of aromatic nitrogens is 3. The molecule has 1 fully saturated rings. The fourth-order valence-corrected chi connectivity index (χ4v) is 5.80. The van der Waals surface area contributed by atoms with Crippen molar-refractivity contribution in [1.29, 1.82) is 0 Å². The normalized spacial score (nSPS) is 14.2. The van der Waals surface area contributed by atoms with Crippen LogP contribution in [0.1, 0.15) is 53.7 Å². The summed E-state index contributed by atoms with van der Waals surface area (Å²) >= 11 is 1.49. The van der Waals surface area contributed by atoms with E-state index in [1.807, 2.05) is 35.4 Å². The van der Waals surface area contributed by atoms with Crippen LogP contribution in [0.2, 0.25) is 0 Å². The Morgan fingerprint density at radius 1 is 1.17 bits per heavy atom. The Bertz CT molecular complexity index is 1340. The summed E-state index contributed by atoms with van der Waals surface area (Å²) in [6, 6.07) is 9.28. The van der Waals surface area contributed by atoms with E-state index in [4.69, 9.17) is 4.74 Å². The number of ether oxygens (including phenoxy) is 1. The number of carbonyl (C=O) groups excluding carboxylic acids is 2. The number of methoxy groups -OCH3 is 1. The average Bonchev–Trinajstić information content (AvgIpc) is 3.51. The molecular formula is C27H28N4O3S. The van der Waals surface area contributed by atoms with Crippen LogP contribution in [0.25, 0.3) is 10.9 Å². The number of pyridine rings is 1. The number of thiazole rings is 1. The molecule has 5 rings (SSSR count). The lowest BCUT2D eigenvalue weighted by Gasteiger charge is -2.32. The van der Waals surface area contributed by atoms with Gasteiger partial charge in [-0.3, -0.25) is 24.0 Å². The first kappa shape index (κ1) is 23.2. The molecule has 8 heteroatoms. The maximum Gasteiger partial charge on any atom is 0.264 e. The molecule has 0 radical (unpaired) electrons. The molecule has 7 nitrogen and oxygen atoms in total. The Hall–Kier alpha value is -3.52. The Balaban J connectivity index is 1.58. The summed E-state index contributed by atoms with van der Waals surface area (Å²) in [5.74, 6) is 0.514. The van der Waals surface area contributed by atoms with Gasteiger partial charge in [-0.1, -0.05) is 19.3 Å². The summed E-state index contributed by atoms with van der Waals surface area (Å²) in [5, 5.41) is 3.50. The van der Waals surface area contributed by atoms with Crippen molar-refractivity contribution in [3.63, 3.8) is 0 Å². The molecule has 0 unspecified atom stereocenters. The predicted octanol–water partition coefficient (Wildman–Crippen LogP) is 5.41. The Labute approximate surface area is 208 Å². The molecule has 0 aliphatic heterocycles. The third kappa shape index (κ3) is 4.46. The second-order valence-electron chi connectivity index (χ2n) is 8.88. The van der Waals surface area contributed by atoms with E-state index in [-0.39, 0.29) is 24.3 Å². The fraction of sp³-hybridized carbons (Fsp3) is 0.333. The minimum Gasteiger partial charge on any atom is -0.497 e. The topological polar surface area (TPSA) is 77.3 Å². The lowest BCUT2D eigenvalue weighted by molar-refractivity contribution is -0.118. The maximum absolute atomic E-state index is 13.9. The van der Waals surface area contributed by atoms with Crippen LogP contribution in [-0.2, 0) is 11.2 Å². The van der Waals surface area contributed by atoms with Crippen LogP contribution >= 0.6 is 11.3 Å². The second-order valence-corrected chi connectivity index (χ2v) is 9.75. The highest BCUT2D eigenvalue weighted by molar-refractivity contribution is 7.13. The predicted molar refractivity (Wildman–Crippen MR) is 137 cm³/mol. The molecule has 1 amide bonds. The van der Waals surface area contributed by atoms with E-state index < -0.39 is 0 Å². The second kappa shape index (κ2) is 10.00. The lowest BCUT2D eigenvalue weighted by Crippen LogP contribution is -2.42. The molecule has 0 N–H and O–H groups in total. The number of nitrogens with zero attached hydrogens (tertiary/aromatic N) is 4. The van der Waals surface area contributed by atoms with Crippen molar-refractivity contribution in [2.24, 2.45) is 0 Å². The number of anilines is 1. The number of amides is 1. The first-order valence-electron chi connectivity index (χ1n) is 11.9. The highest BCUT2D eigenvalue weighted by Crippen LogP contribution is 2.33. The van der Waals surface area contributed by atoms with Gasteiger partial charge in [0.05, 0.1) is 24.6 Å². The highest BCUT2D eigenvalue weighted by Gasteiger charge is 2.30. The number of hydrogen-bond acceptors (Lipinski definition) is 6. The van der Waals surface area contributed by atoms with E-state index >= 15 is 0 Å². The average molecular weight is 489 g/mol. The van der Waals surface area contributed by atoms with Gasteiger partial charge in [0.25, 0.3) is 5.91 Å². The molecule has 35 heavy (non-hydrogen) atoms. The van der Waals surface area contributed by atoms with Crippen LogP contribution < -0.4 is 9.64 Å².